The first-order valence-corrected chi connectivity index (χ1v) is 20.2. The second-order valence-electron chi connectivity index (χ2n) is 14.7. The molecule has 2 aromatic carbocycles. The molecule has 1 saturated heterocycles. The number of piperazine rings is 1. The Kier molecular flexibility index (Phi) is 11.3. The number of nitro groups is 1. The van der Waals surface area contributed by atoms with E-state index in [2.05, 4.69) is 34.5 Å². The third-order valence-corrected chi connectivity index (χ3v) is 12.8. The fourth-order valence-corrected chi connectivity index (χ4v) is 8.42. The molecular weight excluding hydrogens is 761 g/mol. The number of nitrogens with zero attached hydrogens (tertiary/aromatic N) is 7. The first-order chi connectivity index (χ1) is 27.2. The topological polar surface area (TPSA) is 191 Å². The maximum Gasteiger partial charge on any atom is 0.301 e. The van der Waals surface area contributed by atoms with Gasteiger partial charge in [0.05, 0.1) is 21.8 Å². The molecule has 2 fully saturated rings. The van der Waals surface area contributed by atoms with E-state index in [1.54, 1.807) is 43.7 Å². The predicted octanol–water partition coefficient (Wildman–Crippen LogP) is 5.65. The van der Waals surface area contributed by atoms with Crippen LogP contribution >= 0.6 is 0 Å². The summed E-state index contributed by atoms with van der Waals surface area (Å²) < 4.78 is 58.6. The number of non-ortho nitro benzene ring substituents is 1. The van der Waals surface area contributed by atoms with Crippen molar-refractivity contribution in [3.8, 4) is 11.1 Å². The van der Waals surface area contributed by atoms with Crippen molar-refractivity contribution >= 4 is 44.3 Å². The fourth-order valence-electron chi connectivity index (χ4n) is 7.49. The molecule has 57 heavy (non-hydrogen) atoms. The van der Waals surface area contributed by atoms with Crippen molar-refractivity contribution in [2.75, 3.05) is 55.9 Å². The molecule has 5 aromatic rings. The highest BCUT2D eigenvalue weighted by atomic mass is 32.2. The molecule has 0 spiro atoms. The number of ketones is 1. The van der Waals surface area contributed by atoms with Crippen LogP contribution in [0.2, 0.25) is 0 Å². The molecule has 0 radical (unpaired) electrons. The molecule has 300 valence electrons. The van der Waals surface area contributed by atoms with E-state index < -0.39 is 49.4 Å². The molecule has 3 N–H and O–H groups in total. The second-order valence-corrected chi connectivity index (χ2v) is 16.4. The lowest BCUT2D eigenvalue weighted by Crippen LogP contribution is -2.48. The zero-order valence-corrected chi connectivity index (χ0v) is 32.3. The first kappa shape index (κ1) is 39.8. The maximum absolute atomic E-state index is 15.6. The minimum Gasteiger partial charge on any atom is -0.390 e. The number of hydrogen-bond acceptors (Lipinski definition) is 11. The number of pyridine rings is 1. The van der Waals surface area contributed by atoms with Gasteiger partial charge in [-0.1, -0.05) is 19.1 Å². The highest BCUT2D eigenvalue weighted by Gasteiger charge is 2.34. The van der Waals surface area contributed by atoms with E-state index >= 15 is 4.39 Å². The van der Waals surface area contributed by atoms with Gasteiger partial charge in [-0.3, -0.25) is 24.5 Å². The number of aromatic nitrogens is 4. The van der Waals surface area contributed by atoms with Crippen LogP contribution in [0.3, 0.4) is 0 Å². The van der Waals surface area contributed by atoms with Gasteiger partial charge in [0, 0.05) is 105 Å². The van der Waals surface area contributed by atoms with Crippen LogP contribution in [0.25, 0.3) is 22.2 Å². The number of fused-ring (bicyclic) bond motifs is 1. The van der Waals surface area contributed by atoms with Gasteiger partial charge in [-0.25, -0.2) is 23.7 Å². The van der Waals surface area contributed by atoms with Gasteiger partial charge in [0.15, 0.2) is 5.82 Å². The number of carbonyl (C=O) groups excluding carboxylic acids is 1. The Hall–Kier alpha value is -5.43. The summed E-state index contributed by atoms with van der Waals surface area (Å²) in [6, 6.07) is 10.1. The highest BCUT2D eigenvalue weighted by Crippen LogP contribution is 2.40. The van der Waals surface area contributed by atoms with Crippen molar-refractivity contribution in [3.05, 3.63) is 106 Å². The Balaban J connectivity index is 0.955. The van der Waals surface area contributed by atoms with E-state index in [1.165, 1.54) is 13.2 Å². The smallest absolute Gasteiger partial charge is 0.301 e. The number of rotatable bonds is 13. The number of anilines is 2. The molecular formula is C39H43F2N9O6S. The van der Waals surface area contributed by atoms with E-state index in [-0.39, 0.29) is 23.7 Å². The summed E-state index contributed by atoms with van der Waals surface area (Å²) in [5.74, 6) is -2.64. The quantitative estimate of drug-likeness (QED) is 0.0758. The summed E-state index contributed by atoms with van der Waals surface area (Å²) in [6.07, 6.45) is 9.90. The van der Waals surface area contributed by atoms with Crippen LogP contribution in [0, 0.1) is 21.7 Å². The predicted molar refractivity (Wildman–Crippen MR) is 210 cm³/mol. The third kappa shape index (κ3) is 8.49. The lowest BCUT2D eigenvalue weighted by atomic mass is 9.74. The molecule has 1 aliphatic carbocycles. The lowest BCUT2D eigenvalue weighted by molar-refractivity contribution is -0.384. The van der Waals surface area contributed by atoms with Gasteiger partial charge >= 0.3 is 10.2 Å². The zero-order valence-electron chi connectivity index (χ0n) is 31.5. The number of aliphatic hydroxyl groups is 1. The molecule has 1 aliphatic heterocycles. The summed E-state index contributed by atoms with van der Waals surface area (Å²) in [5, 5.41) is 22.6. The van der Waals surface area contributed by atoms with Crippen molar-refractivity contribution in [3.63, 3.8) is 0 Å². The fraction of sp³-hybridized carbons (Fsp3) is 0.385. The van der Waals surface area contributed by atoms with Crippen LogP contribution in [0.4, 0.5) is 26.1 Å². The van der Waals surface area contributed by atoms with Crippen molar-refractivity contribution < 1.29 is 32.0 Å². The molecule has 7 rings (SSSR count). The number of hydrogen-bond donors (Lipinski definition) is 3. The summed E-state index contributed by atoms with van der Waals surface area (Å²) in [6.45, 7) is 5.43. The summed E-state index contributed by atoms with van der Waals surface area (Å²) in [7, 11) is -2.85. The first-order valence-electron chi connectivity index (χ1n) is 18.8. The third-order valence-electron chi connectivity index (χ3n) is 11.2. The minimum absolute atomic E-state index is 0.0553. The number of benzene rings is 2. The van der Waals surface area contributed by atoms with Crippen molar-refractivity contribution in [1.82, 2.24) is 29.1 Å². The van der Waals surface area contributed by atoms with E-state index in [4.69, 9.17) is 0 Å². The van der Waals surface area contributed by atoms with Gasteiger partial charge in [-0.05, 0) is 61.8 Å². The van der Waals surface area contributed by atoms with Gasteiger partial charge in [-0.15, -0.1) is 0 Å². The molecule has 0 amide bonds. The molecule has 1 saturated carbocycles. The van der Waals surface area contributed by atoms with Gasteiger partial charge in [0.1, 0.15) is 11.5 Å². The van der Waals surface area contributed by atoms with Gasteiger partial charge in [-0.2, -0.15) is 12.7 Å². The zero-order chi connectivity index (χ0) is 40.5. The Bertz CT molecular complexity index is 2380. The normalized spacial score (nSPS) is 19.3. The summed E-state index contributed by atoms with van der Waals surface area (Å²) in [5.41, 5.74) is 0.385. The monoisotopic (exact) mass is 803 g/mol. The Morgan fingerprint density at radius 2 is 1.70 bits per heavy atom. The van der Waals surface area contributed by atoms with Crippen LogP contribution < -0.4 is 9.62 Å². The maximum atomic E-state index is 15.6. The van der Waals surface area contributed by atoms with Gasteiger partial charge < -0.3 is 15.0 Å². The van der Waals surface area contributed by atoms with Crippen LogP contribution in [0.15, 0.2) is 67.3 Å². The molecule has 0 bridgehead atoms. The standard InChI is InChI=1S/C39H43F2N9O6S/c1-3-47(2)57(55,56)46-33-9-8-32(40)34(35(33)41)36(51)31-24-43-37-30(31)20-27(21-42-37)28-22-44-38(45-23-28)49-18-16-48(17-19-49)15-14-39(52)12-10-26(11-13-39)25-4-6-29(7-5-25)50(53)54/h4-9,20-24,26,46,52H,3,10-19H2,1-2H3,(H,42,43). The Labute approximate surface area is 328 Å². The number of H-pyrrole nitrogens is 1. The second kappa shape index (κ2) is 16.2. The molecule has 15 nitrogen and oxygen atoms in total. The average Bonchev–Trinajstić information content (AvgIpc) is 3.65. The van der Waals surface area contributed by atoms with Gasteiger partial charge in [0.2, 0.25) is 11.7 Å². The largest absolute Gasteiger partial charge is 0.390 e. The van der Waals surface area contributed by atoms with E-state index in [0.717, 1.165) is 54.5 Å². The van der Waals surface area contributed by atoms with Crippen LogP contribution in [-0.2, 0) is 10.2 Å². The van der Waals surface area contributed by atoms with Crippen LogP contribution in [0.1, 0.15) is 66.4 Å². The SMILES string of the molecule is CCN(C)S(=O)(=O)Nc1ccc(F)c(C(=O)c2c[nH]c3ncc(-c4cnc(N5CCN(CCC6(O)CCC(c7ccc([N+](=O)[O-])cc7)CC6)CC5)nc4)cc23)c1F. The van der Waals surface area contributed by atoms with Gasteiger partial charge in [0.25, 0.3) is 5.69 Å². The van der Waals surface area contributed by atoms with E-state index in [9.17, 15) is 32.8 Å². The van der Waals surface area contributed by atoms with E-state index in [1.807, 2.05) is 12.1 Å². The number of carbonyl (C=O) groups is 1. The molecule has 0 unspecified atom stereocenters. The summed E-state index contributed by atoms with van der Waals surface area (Å²) in [4.78, 5) is 45.1. The highest BCUT2D eigenvalue weighted by molar-refractivity contribution is 7.90. The molecule has 4 heterocycles. The average molecular weight is 804 g/mol. The molecule has 2 aliphatic rings. The number of nitro benzene ring substituents is 1. The minimum atomic E-state index is -4.14. The number of aromatic amines is 1. The molecule has 0 atom stereocenters. The van der Waals surface area contributed by atoms with Crippen molar-refractivity contribution in [2.24, 2.45) is 0 Å². The number of nitrogens with one attached hydrogen (secondary N) is 2. The summed E-state index contributed by atoms with van der Waals surface area (Å²) >= 11 is 0. The van der Waals surface area contributed by atoms with Crippen LogP contribution in [0.5, 0.6) is 0 Å². The van der Waals surface area contributed by atoms with Crippen LogP contribution in [-0.4, -0.2) is 105 Å². The Morgan fingerprint density at radius 1 is 1.04 bits per heavy atom. The molecule has 18 heteroatoms. The molecule has 3 aromatic heterocycles. The lowest BCUT2D eigenvalue weighted by Gasteiger charge is -2.39. The van der Waals surface area contributed by atoms with E-state index in [0.29, 0.717) is 60.5 Å². The van der Waals surface area contributed by atoms with Crippen molar-refractivity contribution in [1.29, 1.82) is 0 Å². The van der Waals surface area contributed by atoms with Crippen molar-refractivity contribution in [2.45, 2.75) is 50.5 Å². The number of halogens is 2. The Morgan fingerprint density at radius 3 is 2.35 bits per heavy atom.